The Morgan fingerprint density at radius 1 is 1.53 bits per heavy atom. The number of aromatic hydroxyl groups is 1. The van der Waals surface area contributed by atoms with Gasteiger partial charge in [0, 0.05) is 19.2 Å². The third kappa shape index (κ3) is 1.73. The highest BCUT2D eigenvalue weighted by Crippen LogP contribution is 2.16. The number of phenols is 1. The molecule has 15 heavy (non-hydrogen) atoms. The molecule has 0 bridgehead atoms. The minimum atomic E-state index is -0.147. The Bertz CT molecular complexity index is 527. The number of rotatable bonds is 3. The van der Waals surface area contributed by atoms with Gasteiger partial charge in [0.1, 0.15) is 5.75 Å². The number of imidazole rings is 1. The first-order chi connectivity index (χ1) is 7.22. The van der Waals surface area contributed by atoms with Gasteiger partial charge in [-0.3, -0.25) is 4.57 Å². The van der Waals surface area contributed by atoms with Crippen LogP contribution in [0.25, 0.3) is 11.0 Å². The van der Waals surface area contributed by atoms with Crippen LogP contribution in [0.1, 0.15) is 0 Å². The van der Waals surface area contributed by atoms with E-state index in [0.29, 0.717) is 12.1 Å². The zero-order valence-electron chi connectivity index (χ0n) is 8.45. The summed E-state index contributed by atoms with van der Waals surface area (Å²) in [6.45, 7) is 1.34. The molecule has 3 N–H and O–H groups in total. The molecule has 0 saturated heterocycles. The Morgan fingerprint density at radius 2 is 2.33 bits per heavy atom. The molecule has 2 aromatic rings. The molecule has 5 nitrogen and oxygen atoms in total. The molecule has 5 heteroatoms. The molecule has 2 rings (SSSR count). The molecule has 0 fully saturated rings. The normalized spacial score (nSPS) is 11.0. The van der Waals surface area contributed by atoms with Crippen molar-refractivity contribution in [1.29, 1.82) is 0 Å². The maximum absolute atomic E-state index is 11.6. The van der Waals surface area contributed by atoms with Gasteiger partial charge in [-0.25, -0.2) is 4.79 Å². The molecule has 0 spiro atoms. The maximum Gasteiger partial charge on any atom is 0.326 e. The number of nitrogens with zero attached hydrogens (tertiary/aromatic N) is 1. The molecule has 1 aromatic carbocycles. The van der Waals surface area contributed by atoms with Gasteiger partial charge >= 0.3 is 5.69 Å². The molecule has 0 unspecified atom stereocenters. The largest absolute Gasteiger partial charge is 0.508 e. The van der Waals surface area contributed by atoms with E-state index in [4.69, 9.17) is 0 Å². The van der Waals surface area contributed by atoms with Crippen LogP contribution >= 0.6 is 0 Å². The van der Waals surface area contributed by atoms with Crippen molar-refractivity contribution in [2.24, 2.45) is 0 Å². The number of nitrogens with one attached hydrogen (secondary N) is 2. The third-order valence-corrected chi connectivity index (χ3v) is 2.34. The lowest BCUT2D eigenvalue weighted by Gasteiger charge is -2.01. The molecule has 0 amide bonds. The Balaban J connectivity index is 2.53. The first-order valence-electron chi connectivity index (χ1n) is 4.78. The first-order valence-corrected chi connectivity index (χ1v) is 4.78. The Morgan fingerprint density at radius 3 is 3.07 bits per heavy atom. The zero-order valence-corrected chi connectivity index (χ0v) is 8.45. The highest BCUT2D eigenvalue weighted by atomic mass is 16.3. The molecular weight excluding hydrogens is 194 g/mol. The SMILES string of the molecule is CNCCn1c(=O)[nH]c2cc(O)ccc21. The highest BCUT2D eigenvalue weighted by Gasteiger charge is 2.05. The van der Waals surface area contributed by atoms with Crippen LogP contribution in [0.15, 0.2) is 23.0 Å². The fourth-order valence-electron chi connectivity index (χ4n) is 1.60. The molecule has 1 heterocycles. The average molecular weight is 207 g/mol. The lowest BCUT2D eigenvalue weighted by atomic mass is 10.3. The quantitative estimate of drug-likeness (QED) is 0.676. The van der Waals surface area contributed by atoms with Crippen molar-refractivity contribution in [3.05, 3.63) is 28.7 Å². The topological polar surface area (TPSA) is 70.0 Å². The molecule has 0 aliphatic rings. The fourth-order valence-corrected chi connectivity index (χ4v) is 1.60. The minimum absolute atomic E-state index is 0.147. The van der Waals surface area contributed by atoms with E-state index >= 15 is 0 Å². The highest BCUT2D eigenvalue weighted by molar-refractivity contribution is 5.76. The minimum Gasteiger partial charge on any atom is -0.508 e. The van der Waals surface area contributed by atoms with E-state index in [9.17, 15) is 9.90 Å². The number of aromatic amines is 1. The van der Waals surface area contributed by atoms with E-state index < -0.39 is 0 Å². The average Bonchev–Trinajstić information content (AvgIpc) is 2.50. The Kier molecular flexibility index (Phi) is 2.47. The van der Waals surface area contributed by atoms with Gasteiger partial charge in [0.15, 0.2) is 0 Å². The van der Waals surface area contributed by atoms with Crippen LogP contribution in [0, 0.1) is 0 Å². The van der Waals surface area contributed by atoms with Crippen LogP contribution in [0.5, 0.6) is 5.75 Å². The number of H-pyrrole nitrogens is 1. The summed E-state index contributed by atoms with van der Waals surface area (Å²) in [5.41, 5.74) is 1.33. The van der Waals surface area contributed by atoms with E-state index in [1.54, 1.807) is 22.8 Å². The summed E-state index contributed by atoms with van der Waals surface area (Å²) in [6, 6.07) is 4.86. The third-order valence-electron chi connectivity index (χ3n) is 2.34. The number of fused-ring (bicyclic) bond motifs is 1. The number of hydrogen-bond acceptors (Lipinski definition) is 3. The molecule has 0 atom stereocenters. The van der Waals surface area contributed by atoms with Crippen molar-refractivity contribution in [3.8, 4) is 5.75 Å². The van der Waals surface area contributed by atoms with Gasteiger partial charge in [-0.2, -0.15) is 0 Å². The van der Waals surface area contributed by atoms with E-state index in [1.165, 1.54) is 0 Å². The second-order valence-corrected chi connectivity index (χ2v) is 3.39. The smallest absolute Gasteiger partial charge is 0.326 e. The molecule has 1 aromatic heterocycles. The molecular formula is C10H13N3O2. The van der Waals surface area contributed by atoms with Crippen molar-refractivity contribution < 1.29 is 5.11 Å². The van der Waals surface area contributed by atoms with Crippen LogP contribution in [0.3, 0.4) is 0 Å². The van der Waals surface area contributed by atoms with Gasteiger partial charge < -0.3 is 15.4 Å². The van der Waals surface area contributed by atoms with Crippen LogP contribution in [0.2, 0.25) is 0 Å². The number of benzene rings is 1. The van der Waals surface area contributed by atoms with Gasteiger partial charge in [0.05, 0.1) is 11.0 Å². The predicted octanol–water partition coefficient (Wildman–Crippen LogP) is 0.255. The number of hydrogen-bond donors (Lipinski definition) is 3. The molecule has 0 saturated carbocycles. The van der Waals surface area contributed by atoms with Crippen LogP contribution in [-0.2, 0) is 6.54 Å². The summed E-state index contributed by atoms with van der Waals surface area (Å²) in [4.78, 5) is 14.3. The number of phenolic OH excluding ortho intramolecular Hbond substituents is 1. The molecule has 0 aliphatic heterocycles. The standard InChI is InChI=1S/C10H13N3O2/c1-11-4-5-13-9-3-2-7(14)6-8(9)12-10(13)15/h2-3,6,11,14H,4-5H2,1H3,(H,12,15). The summed E-state index contributed by atoms with van der Waals surface area (Å²) >= 11 is 0. The van der Waals surface area contributed by atoms with Crippen molar-refractivity contribution in [3.63, 3.8) is 0 Å². The first kappa shape index (κ1) is 9.79. The van der Waals surface area contributed by atoms with Crippen LogP contribution < -0.4 is 11.0 Å². The van der Waals surface area contributed by atoms with Crippen molar-refractivity contribution in [2.75, 3.05) is 13.6 Å². The lowest BCUT2D eigenvalue weighted by Crippen LogP contribution is -2.23. The second-order valence-electron chi connectivity index (χ2n) is 3.39. The van der Waals surface area contributed by atoms with Crippen molar-refractivity contribution >= 4 is 11.0 Å². The lowest BCUT2D eigenvalue weighted by molar-refractivity contribution is 0.476. The number of likely N-dealkylation sites (N-methyl/N-ethyl adjacent to an activating group) is 1. The van der Waals surface area contributed by atoms with Gasteiger partial charge in [-0.15, -0.1) is 0 Å². The predicted molar refractivity (Wildman–Crippen MR) is 58.2 cm³/mol. The fraction of sp³-hybridized carbons (Fsp3) is 0.300. The maximum atomic E-state index is 11.6. The van der Waals surface area contributed by atoms with Gasteiger partial charge in [-0.1, -0.05) is 0 Å². The van der Waals surface area contributed by atoms with Crippen molar-refractivity contribution in [2.45, 2.75) is 6.54 Å². The Labute approximate surface area is 86.4 Å². The molecule has 0 radical (unpaired) electrons. The zero-order chi connectivity index (χ0) is 10.8. The summed E-state index contributed by atoms with van der Waals surface area (Å²) < 4.78 is 1.64. The summed E-state index contributed by atoms with van der Waals surface area (Å²) in [5, 5.41) is 12.2. The van der Waals surface area contributed by atoms with Gasteiger partial charge in [0.25, 0.3) is 0 Å². The van der Waals surface area contributed by atoms with E-state index in [1.807, 2.05) is 7.05 Å². The Hall–Kier alpha value is -1.75. The van der Waals surface area contributed by atoms with E-state index in [2.05, 4.69) is 10.3 Å². The van der Waals surface area contributed by atoms with E-state index in [0.717, 1.165) is 12.1 Å². The van der Waals surface area contributed by atoms with Gasteiger partial charge in [-0.05, 0) is 19.2 Å². The summed E-state index contributed by atoms with van der Waals surface area (Å²) in [5.74, 6) is 0.157. The second kappa shape index (κ2) is 3.78. The molecule has 0 aliphatic carbocycles. The van der Waals surface area contributed by atoms with Gasteiger partial charge in [0.2, 0.25) is 0 Å². The van der Waals surface area contributed by atoms with Crippen LogP contribution in [0.4, 0.5) is 0 Å². The van der Waals surface area contributed by atoms with E-state index in [-0.39, 0.29) is 11.4 Å². The summed E-state index contributed by atoms with van der Waals surface area (Å²) in [6.07, 6.45) is 0. The monoisotopic (exact) mass is 207 g/mol. The molecule has 80 valence electrons. The van der Waals surface area contributed by atoms with Crippen molar-refractivity contribution in [1.82, 2.24) is 14.9 Å². The van der Waals surface area contributed by atoms with Crippen LogP contribution in [-0.4, -0.2) is 28.3 Å². The summed E-state index contributed by atoms with van der Waals surface area (Å²) in [7, 11) is 1.84. The number of aromatic nitrogens is 2.